The van der Waals surface area contributed by atoms with Crippen LogP contribution in [-0.2, 0) is 24.2 Å². The highest BCUT2D eigenvalue weighted by Crippen LogP contribution is 2.25. The van der Waals surface area contributed by atoms with Crippen molar-refractivity contribution in [2.75, 3.05) is 13.1 Å². The van der Waals surface area contributed by atoms with Crippen molar-refractivity contribution in [2.45, 2.75) is 40.2 Å². The predicted molar refractivity (Wildman–Crippen MR) is 76.5 cm³/mol. The first-order chi connectivity index (χ1) is 9.08. The average molecular weight is 284 g/mol. The number of halogens is 1. The molecule has 1 fully saturated rings. The van der Waals surface area contributed by atoms with E-state index < -0.39 is 0 Å². The molecule has 2 rings (SSSR count). The highest BCUT2D eigenvalue weighted by molar-refractivity contribution is 6.32. The molecule has 1 aromatic rings. The first-order valence-corrected chi connectivity index (χ1v) is 7.43. The molecular weight excluding hydrogens is 262 g/mol. The lowest BCUT2D eigenvalue weighted by molar-refractivity contribution is -0.122. The lowest BCUT2D eigenvalue weighted by atomic mass is 9.91. The van der Waals surface area contributed by atoms with Gasteiger partial charge in [0.2, 0.25) is 0 Å². The zero-order valence-electron chi connectivity index (χ0n) is 11.9. The number of carbonyl (C=O) groups is 1. The van der Waals surface area contributed by atoms with Crippen molar-refractivity contribution < 1.29 is 4.79 Å². The normalized spacial score (nSPS) is 22.9. The van der Waals surface area contributed by atoms with E-state index in [2.05, 4.69) is 17.3 Å². The van der Waals surface area contributed by atoms with Crippen LogP contribution in [0, 0.1) is 11.8 Å². The first kappa shape index (κ1) is 14.5. The van der Waals surface area contributed by atoms with E-state index in [-0.39, 0.29) is 11.7 Å². The third-order valence-electron chi connectivity index (χ3n) is 3.97. The molecule has 1 aliphatic heterocycles. The Morgan fingerprint density at radius 1 is 1.47 bits per heavy atom. The van der Waals surface area contributed by atoms with Gasteiger partial charge in [0.25, 0.3) is 0 Å². The molecule has 0 aliphatic carbocycles. The summed E-state index contributed by atoms with van der Waals surface area (Å²) in [7, 11) is 0. The number of nitrogens with zero attached hydrogens (tertiary/aromatic N) is 2. The standard InChI is InChI=1S/C14H22ClN3O/c1-4-11-14(15)12(18(5-2)17-11)6-13(19)10-8-16-7-9(10)3/h9-10,16H,4-8H2,1-3H3. The van der Waals surface area contributed by atoms with Gasteiger partial charge in [0, 0.05) is 19.0 Å². The summed E-state index contributed by atoms with van der Waals surface area (Å²) in [5, 5.41) is 8.41. The molecule has 2 heterocycles. The number of nitrogens with one attached hydrogen (secondary N) is 1. The second-order valence-corrected chi connectivity index (χ2v) is 5.64. The summed E-state index contributed by atoms with van der Waals surface area (Å²) in [5.41, 5.74) is 1.77. The molecule has 0 amide bonds. The largest absolute Gasteiger partial charge is 0.316 e. The van der Waals surface area contributed by atoms with Crippen LogP contribution in [0.3, 0.4) is 0 Å². The molecule has 1 aromatic heterocycles. The predicted octanol–water partition coefficient (Wildman–Crippen LogP) is 2.09. The molecule has 0 aromatic carbocycles. The number of rotatable bonds is 5. The van der Waals surface area contributed by atoms with Crippen molar-refractivity contribution in [3.63, 3.8) is 0 Å². The molecule has 5 heteroatoms. The maximum Gasteiger partial charge on any atom is 0.143 e. The van der Waals surface area contributed by atoms with E-state index in [0.29, 0.717) is 17.4 Å². The molecule has 2 unspecified atom stereocenters. The van der Waals surface area contributed by atoms with Gasteiger partial charge in [-0.2, -0.15) is 5.10 Å². The fourth-order valence-electron chi connectivity index (χ4n) is 2.72. The number of aryl methyl sites for hydroxylation is 2. The van der Waals surface area contributed by atoms with E-state index in [1.54, 1.807) is 0 Å². The van der Waals surface area contributed by atoms with Crippen LogP contribution in [0.5, 0.6) is 0 Å². The maximum absolute atomic E-state index is 12.4. The quantitative estimate of drug-likeness (QED) is 0.900. The summed E-state index contributed by atoms with van der Waals surface area (Å²) < 4.78 is 1.87. The van der Waals surface area contributed by atoms with E-state index >= 15 is 0 Å². The van der Waals surface area contributed by atoms with Crippen molar-refractivity contribution >= 4 is 17.4 Å². The van der Waals surface area contributed by atoms with Gasteiger partial charge in [-0.05, 0) is 25.8 Å². The molecule has 0 bridgehead atoms. The Morgan fingerprint density at radius 2 is 2.21 bits per heavy atom. The maximum atomic E-state index is 12.4. The summed E-state index contributed by atoms with van der Waals surface area (Å²) in [5.74, 6) is 0.799. The van der Waals surface area contributed by atoms with Crippen LogP contribution < -0.4 is 5.32 Å². The molecular formula is C14H22ClN3O. The molecule has 1 aliphatic rings. The van der Waals surface area contributed by atoms with Crippen molar-refractivity contribution in [1.29, 1.82) is 0 Å². The average Bonchev–Trinajstić information content (AvgIpc) is 2.95. The number of hydrogen-bond acceptors (Lipinski definition) is 3. The Labute approximate surface area is 119 Å². The van der Waals surface area contributed by atoms with Crippen LogP contribution in [0.25, 0.3) is 0 Å². The van der Waals surface area contributed by atoms with Crippen LogP contribution in [0.4, 0.5) is 0 Å². The molecule has 0 radical (unpaired) electrons. The minimum absolute atomic E-state index is 0.112. The SMILES string of the molecule is CCc1nn(CC)c(CC(=O)C2CNCC2C)c1Cl. The highest BCUT2D eigenvalue weighted by Gasteiger charge is 2.30. The van der Waals surface area contributed by atoms with Crippen LogP contribution in [0.1, 0.15) is 32.2 Å². The topological polar surface area (TPSA) is 46.9 Å². The Morgan fingerprint density at radius 3 is 2.74 bits per heavy atom. The Balaban J connectivity index is 2.18. The van der Waals surface area contributed by atoms with Crippen LogP contribution in [-0.4, -0.2) is 28.7 Å². The fraction of sp³-hybridized carbons (Fsp3) is 0.714. The number of carbonyl (C=O) groups excluding carboxylic acids is 1. The van der Waals surface area contributed by atoms with Crippen LogP contribution >= 0.6 is 11.6 Å². The van der Waals surface area contributed by atoms with Crippen molar-refractivity contribution in [2.24, 2.45) is 11.8 Å². The molecule has 19 heavy (non-hydrogen) atoms. The van der Waals surface area contributed by atoms with E-state index in [0.717, 1.165) is 37.4 Å². The Hall–Kier alpha value is -0.870. The molecule has 1 saturated heterocycles. The van der Waals surface area contributed by atoms with Crippen molar-refractivity contribution in [3.8, 4) is 0 Å². The van der Waals surface area contributed by atoms with Gasteiger partial charge >= 0.3 is 0 Å². The Bertz CT molecular complexity index is 470. The van der Waals surface area contributed by atoms with Gasteiger partial charge in [-0.1, -0.05) is 25.4 Å². The second kappa shape index (κ2) is 6.06. The first-order valence-electron chi connectivity index (χ1n) is 7.05. The third kappa shape index (κ3) is 2.84. The van der Waals surface area contributed by atoms with Crippen molar-refractivity contribution in [3.05, 3.63) is 16.4 Å². The van der Waals surface area contributed by atoms with Gasteiger partial charge in [0.1, 0.15) is 5.78 Å². The molecule has 1 N–H and O–H groups in total. The second-order valence-electron chi connectivity index (χ2n) is 5.26. The Kier molecular flexibility index (Phi) is 4.63. The van der Waals surface area contributed by atoms with Gasteiger partial charge in [-0.15, -0.1) is 0 Å². The zero-order chi connectivity index (χ0) is 14.0. The number of Topliss-reactive ketones (excluding diaryl/α,β-unsaturated/α-hetero) is 1. The zero-order valence-corrected chi connectivity index (χ0v) is 12.6. The molecule has 0 spiro atoms. The van der Waals surface area contributed by atoms with E-state index in [4.69, 9.17) is 11.6 Å². The number of hydrogen-bond donors (Lipinski definition) is 1. The summed E-state index contributed by atoms with van der Waals surface area (Å²) in [4.78, 5) is 12.4. The van der Waals surface area contributed by atoms with Crippen LogP contribution in [0.2, 0.25) is 5.02 Å². The molecule has 2 atom stereocenters. The van der Waals surface area contributed by atoms with Crippen molar-refractivity contribution in [1.82, 2.24) is 15.1 Å². The van der Waals surface area contributed by atoms with E-state index in [1.165, 1.54) is 0 Å². The minimum Gasteiger partial charge on any atom is -0.316 e. The number of ketones is 1. The number of aromatic nitrogens is 2. The molecule has 106 valence electrons. The van der Waals surface area contributed by atoms with E-state index in [1.807, 2.05) is 18.5 Å². The van der Waals surface area contributed by atoms with Crippen LogP contribution in [0.15, 0.2) is 0 Å². The van der Waals surface area contributed by atoms with Gasteiger partial charge < -0.3 is 5.32 Å². The lowest BCUT2D eigenvalue weighted by Gasteiger charge is -2.13. The van der Waals surface area contributed by atoms with Gasteiger partial charge in [-0.3, -0.25) is 9.48 Å². The molecule has 0 saturated carbocycles. The summed E-state index contributed by atoms with van der Waals surface area (Å²) in [6.07, 6.45) is 1.20. The monoisotopic (exact) mass is 283 g/mol. The van der Waals surface area contributed by atoms with Gasteiger partial charge in [0.05, 0.1) is 22.8 Å². The third-order valence-corrected chi connectivity index (χ3v) is 4.40. The summed E-state index contributed by atoms with van der Waals surface area (Å²) in [6.45, 7) is 8.65. The molecule has 4 nitrogen and oxygen atoms in total. The van der Waals surface area contributed by atoms with Gasteiger partial charge in [0.15, 0.2) is 0 Å². The minimum atomic E-state index is 0.112. The lowest BCUT2D eigenvalue weighted by Crippen LogP contribution is -2.24. The highest BCUT2D eigenvalue weighted by atomic mass is 35.5. The smallest absolute Gasteiger partial charge is 0.143 e. The van der Waals surface area contributed by atoms with Gasteiger partial charge in [-0.25, -0.2) is 0 Å². The van der Waals surface area contributed by atoms with E-state index in [9.17, 15) is 4.79 Å². The summed E-state index contributed by atoms with van der Waals surface area (Å²) in [6, 6.07) is 0. The summed E-state index contributed by atoms with van der Waals surface area (Å²) >= 11 is 6.34. The fourth-order valence-corrected chi connectivity index (χ4v) is 3.06.